The van der Waals surface area contributed by atoms with E-state index in [-0.39, 0.29) is 15.5 Å². The van der Waals surface area contributed by atoms with Crippen LogP contribution in [0.3, 0.4) is 0 Å². The van der Waals surface area contributed by atoms with E-state index >= 15 is 0 Å². The molecule has 0 aliphatic rings. The quantitative estimate of drug-likeness (QED) is 0.739. The van der Waals surface area contributed by atoms with E-state index in [9.17, 15) is 13.2 Å². The first-order valence-electron chi connectivity index (χ1n) is 6.68. The summed E-state index contributed by atoms with van der Waals surface area (Å²) in [5.74, 6) is -0.837. The molecule has 1 aromatic carbocycles. The lowest BCUT2D eigenvalue weighted by Gasteiger charge is -2.19. The summed E-state index contributed by atoms with van der Waals surface area (Å²) in [6.07, 6.45) is -0.952. The summed E-state index contributed by atoms with van der Waals surface area (Å²) in [6, 6.07) is 5.58. The van der Waals surface area contributed by atoms with Crippen molar-refractivity contribution in [3.63, 3.8) is 0 Å². The van der Waals surface area contributed by atoms with E-state index in [2.05, 4.69) is 0 Å². The highest BCUT2D eigenvalue weighted by Crippen LogP contribution is 2.24. The molecule has 8 heteroatoms. The first kappa shape index (κ1) is 18.4. The second-order valence-electron chi connectivity index (χ2n) is 4.41. The number of hydrogen-bond donors (Lipinski definition) is 0. The number of carbonyl (C=O) groups is 1. The zero-order valence-electron chi connectivity index (χ0n) is 12.5. The molecule has 1 aromatic rings. The molecule has 0 spiro atoms. The molecule has 22 heavy (non-hydrogen) atoms. The van der Waals surface area contributed by atoms with Gasteiger partial charge < -0.3 is 4.74 Å². The van der Waals surface area contributed by atoms with Gasteiger partial charge in [-0.05, 0) is 25.1 Å². The van der Waals surface area contributed by atoms with Crippen LogP contribution in [0.25, 0.3) is 0 Å². The highest BCUT2D eigenvalue weighted by atomic mass is 35.5. The Morgan fingerprint density at radius 3 is 2.50 bits per heavy atom. The average Bonchev–Trinajstić information content (AvgIpc) is 2.48. The van der Waals surface area contributed by atoms with Gasteiger partial charge in [-0.2, -0.15) is 9.57 Å². The van der Waals surface area contributed by atoms with Gasteiger partial charge in [-0.15, -0.1) is 0 Å². The molecular weight excluding hydrogens is 328 g/mol. The molecule has 0 radical (unpaired) electrons. The van der Waals surface area contributed by atoms with Crippen molar-refractivity contribution in [2.75, 3.05) is 13.1 Å². The summed E-state index contributed by atoms with van der Waals surface area (Å²) in [5.41, 5.74) is -0.0861. The molecule has 0 unspecified atom stereocenters. The third kappa shape index (κ3) is 3.97. The summed E-state index contributed by atoms with van der Waals surface area (Å²) >= 11 is 5.92. The predicted molar refractivity (Wildman–Crippen MR) is 82.0 cm³/mol. The van der Waals surface area contributed by atoms with E-state index in [0.717, 1.165) is 0 Å². The first-order chi connectivity index (χ1) is 10.3. The molecule has 0 saturated carbocycles. The number of benzene rings is 1. The topological polar surface area (TPSA) is 87.5 Å². The summed E-state index contributed by atoms with van der Waals surface area (Å²) in [5, 5.41) is 8.72. The van der Waals surface area contributed by atoms with E-state index in [1.165, 1.54) is 29.4 Å². The van der Waals surface area contributed by atoms with E-state index in [1.807, 2.05) is 0 Å². The second-order valence-corrected chi connectivity index (χ2v) is 6.75. The molecule has 0 aliphatic heterocycles. The van der Waals surface area contributed by atoms with Crippen molar-refractivity contribution in [2.45, 2.75) is 31.8 Å². The van der Waals surface area contributed by atoms with E-state index in [4.69, 9.17) is 21.6 Å². The van der Waals surface area contributed by atoms with Crippen molar-refractivity contribution in [3.8, 4) is 6.07 Å². The molecule has 0 amide bonds. The van der Waals surface area contributed by atoms with Crippen LogP contribution in [-0.2, 0) is 14.8 Å². The Hall–Kier alpha value is -1.62. The van der Waals surface area contributed by atoms with Crippen molar-refractivity contribution < 1.29 is 17.9 Å². The highest BCUT2D eigenvalue weighted by Gasteiger charge is 2.24. The molecule has 0 aromatic heterocycles. The monoisotopic (exact) mass is 344 g/mol. The third-order valence-electron chi connectivity index (χ3n) is 2.97. The minimum Gasteiger partial charge on any atom is -0.444 e. The number of carbonyl (C=O) groups excluding carboxylic acids is 1. The summed E-state index contributed by atoms with van der Waals surface area (Å²) in [6.45, 7) is 5.48. The van der Waals surface area contributed by atoms with Crippen molar-refractivity contribution in [3.05, 3.63) is 28.8 Å². The number of halogens is 1. The molecular formula is C14H17ClN2O4S. The number of ether oxygens (including phenoxy) is 1. The van der Waals surface area contributed by atoms with Crippen LogP contribution in [0.4, 0.5) is 0 Å². The number of esters is 1. The molecule has 0 bridgehead atoms. The predicted octanol–water partition coefficient (Wildman–Crippen LogP) is 2.44. The van der Waals surface area contributed by atoms with Crippen LogP contribution in [0.2, 0.25) is 5.02 Å². The Labute approximate surface area is 135 Å². The van der Waals surface area contributed by atoms with Crippen LogP contribution in [0.1, 0.15) is 31.1 Å². The number of rotatable bonds is 6. The smallest absolute Gasteiger partial charge is 0.340 e. The van der Waals surface area contributed by atoms with Gasteiger partial charge in [0.05, 0.1) is 15.5 Å². The normalized spacial score (nSPS) is 12.7. The zero-order chi connectivity index (χ0) is 16.9. The van der Waals surface area contributed by atoms with E-state index < -0.39 is 22.1 Å². The van der Waals surface area contributed by atoms with Gasteiger partial charge >= 0.3 is 5.97 Å². The molecule has 0 N–H and O–H groups in total. The molecule has 120 valence electrons. The summed E-state index contributed by atoms with van der Waals surface area (Å²) in [7, 11) is -3.71. The Balaban J connectivity index is 3.26. The molecule has 0 heterocycles. The maximum atomic E-state index is 12.4. The van der Waals surface area contributed by atoms with Gasteiger partial charge in [-0.3, -0.25) is 0 Å². The third-order valence-corrected chi connectivity index (χ3v) is 5.34. The number of sulfonamides is 1. The Morgan fingerprint density at radius 2 is 2.00 bits per heavy atom. The van der Waals surface area contributed by atoms with Crippen LogP contribution >= 0.6 is 11.6 Å². The van der Waals surface area contributed by atoms with Gasteiger partial charge in [0.15, 0.2) is 6.10 Å². The Bertz CT molecular complexity index is 693. The van der Waals surface area contributed by atoms with Gasteiger partial charge in [-0.1, -0.05) is 25.4 Å². The van der Waals surface area contributed by atoms with Gasteiger partial charge in [-0.25, -0.2) is 13.2 Å². The van der Waals surface area contributed by atoms with Crippen LogP contribution in [0.5, 0.6) is 0 Å². The SMILES string of the molecule is CCN(CC)S(=O)(=O)c1ccc(Cl)c(C(=O)O[C@@H](C)C#N)c1. The maximum absolute atomic E-state index is 12.4. The number of hydrogen-bond acceptors (Lipinski definition) is 5. The molecule has 0 aliphatic carbocycles. The minimum atomic E-state index is -3.71. The lowest BCUT2D eigenvalue weighted by Crippen LogP contribution is -2.30. The van der Waals surface area contributed by atoms with Gasteiger partial charge in [0.25, 0.3) is 0 Å². The van der Waals surface area contributed by atoms with Gasteiger partial charge in [0, 0.05) is 13.1 Å². The fourth-order valence-electron chi connectivity index (χ4n) is 1.78. The average molecular weight is 345 g/mol. The Morgan fingerprint density at radius 1 is 1.41 bits per heavy atom. The van der Waals surface area contributed by atoms with E-state index in [1.54, 1.807) is 19.9 Å². The number of nitrogens with zero attached hydrogens (tertiary/aromatic N) is 2. The standard InChI is InChI=1S/C14H17ClN2O4S/c1-4-17(5-2)22(19,20)11-6-7-13(15)12(8-11)14(18)21-10(3)9-16/h6-8,10H,4-5H2,1-3H3/t10-/m0/s1. The second kappa shape index (κ2) is 7.58. The molecule has 1 atom stereocenters. The molecule has 1 rings (SSSR count). The lowest BCUT2D eigenvalue weighted by atomic mass is 10.2. The van der Waals surface area contributed by atoms with Crippen molar-refractivity contribution >= 4 is 27.6 Å². The summed E-state index contributed by atoms with van der Waals surface area (Å²) in [4.78, 5) is 11.9. The zero-order valence-corrected chi connectivity index (χ0v) is 14.1. The largest absolute Gasteiger partial charge is 0.444 e. The van der Waals surface area contributed by atoms with Crippen molar-refractivity contribution in [2.24, 2.45) is 0 Å². The maximum Gasteiger partial charge on any atom is 0.340 e. The lowest BCUT2D eigenvalue weighted by molar-refractivity contribution is 0.0435. The summed E-state index contributed by atoms with van der Waals surface area (Å²) < 4.78 is 31.0. The van der Waals surface area contributed by atoms with Gasteiger partial charge in [0.2, 0.25) is 10.0 Å². The van der Waals surface area contributed by atoms with Crippen LogP contribution in [0, 0.1) is 11.3 Å². The Kier molecular flexibility index (Phi) is 6.35. The fourth-order valence-corrected chi connectivity index (χ4v) is 3.46. The fraction of sp³-hybridized carbons (Fsp3) is 0.429. The highest BCUT2D eigenvalue weighted by molar-refractivity contribution is 7.89. The van der Waals surface area contributed by atoms with Crippen molar-refractivity contribution in [1.29, 1.82) is 5.26 Å². The van der Waals surface area contributed by atoms with Crippen LogP contribution < -0.4 is 0 Å². The van der Waals surface area contributed by atoms with Crippen molar-refractivity contribution in [1.82, 2.24) is 4.31 Å². The number of nitriles is 1. The molecule has 0 fully saturated rings. The molecule has 6 nitrogen and oxygen atoms in total. The minimum absolute atomic E-state index is 0.0443. The first-order valence-corrected chi connectivity index (χ1v) is 8.50. The van der Waals surface area contributed by atoms with E-state index in [0.29, 0.717) is 13.1 Å². The molecule has 0 saturated heterocycles. The van der Waals surface area contributed by atoms with Crippen LogP contribution in [0.15, 0.2) is 23.1 Å². The van der Waals surface area contributed by atoms with Crippen LogP contribution in [-0.4, -0.2) is 37.9 Å². The van der Waals surface area contributed by atoms with Gasteiger partial charge in [0.1, 0.15) is 6.07 Å².